The Morgan fingerprint density at radius 3 is 2.60 bits per heavy atom. The Morgan fingerprint density at radius 1 is 1.25 bits per heavy atom. The number of carbonyl (C=O) groups excluding carboxylic acids is 1. The van der Waals surface area contributed by atoms with E-state index in [4.69, 9.17) is 23.2 Å². The third kappa shape index (κ3) is 3.26. The number of amides is 1. The van der Waals surface area contributed by atoms with Crippen molar-refractivity contribution in [3.05, 3.63) is 56.2 Å². The fourth-order valence-corrected chi connectivity index (χ4v) is 2.19. The number of rotatable bonds is 2. The molecule has 0 bridgehead atoms. The Bertz CT molecular complexity index is 674. The van der Waals surface area contributed by atoms with E-state index in [1.807, 2.05) is 0 Å². The minimum absolute atomic E-state index is 0.0285. The lowest BCUT2D eigenvalue weighted by atomic mass is 10.2. The van der Waals surface area contributed by atoms with Gasteiger partial charge in [-0.05, 0) is 28.1 Å². The van der Waals surface area contributed by atoms with E-state index in [2.05, 4.69) is 26.2 Å². The van der Waals surface area contributed by atoms with Gasteiger partial charge in [-0.2, -0.15) is 0 Å². The number of anilines is 1. The van der Waals surface area contributed by atoms with Crippen molar-refractivity contribution in [3.8, 4) is 0 Å². The average Bonchev–Trinajstić information content (AvgIpc) is 2.36. The maximum absolute atomic E-state index is 13.6. The molecule has 1 heterocycles. The summed E-state index contributed by atoms with van der Waals surface area (Å²) in [4.78, 5) is 15.8. The number of benzene rings is 1. The highest BCUT2D eigenvalue weighted by Gasteiger charge is 2.17. The van der Waals surface area contributed by atoms with Crippen LogP contribution >= 0.6 is 39.1 Å². The summed E-state index contributed by atoms with van der Waals surface area (Å²) in [6, 6.07) is 2.92. The SMILES string of the molecule is O=C(Nc1c(F)cc(F)cc1Cl)c1cc(Br)cnc1Cl. The zero-order valence-electron chi connectivity index (χ0n) is 9.55. The highest BCUT2D eigenvalue weighted by atomic mass is 79.9. The molecular weight excluding hydrogens is 377 g/mol. The van der Waals surface area contributed by atoms with Gasteiger partial charge in [-0.1, -0.05) is 23.2 Å². The Labute approximate surface area is 131 Å². The Hall–Kier alpha value is -1.24. The Kier molecular flexibility index (Phi) is 4.57. The van der Waals surface area contributed by atoms with Crippen molar-refractivity contribution >= 4 is 50.7 Å². The van der Waals surface area contributed by atoms with Gasteiger partial charge in [-0.3, -0.25) is 4.79 Å². The van der Waals surface area contributed by atoms with E-state index in [1.165, 1.54) is 12.3 Å². The van der Waals surface area contributed by atoms with E-state index in [1.54, 1.807) is 0 Å². The van der Waals surface area contributed by atoms with E-state index >= 15 is 0 Å². The van der Waals surface area contributed by atoms with Crippen LogP contribution in [0.2, 0.25) is 10.2 Å². The van der Waals surface area contributed by atoms with Crippen molar-refractivity contribution in [3.63, 3.8) is 0 Å². The van der Waals surface area contributed by atoms with Crippen LogP contribution in [0.15, 0.2) is 28.9 Å². The minimum atomic E-state index is -0.984. The predicted molar refractivity (Wildman–Crippen MR) is 76.3 cm³/mol. The molecule has 1 aromatic heterocycles. The van der Waals surface area contributed by atoms with Gasteiger partial charge < -0.3 is 5.32 Å². The molecule has 0 aliphatic carbocycles. The molecule has 1 amide bonds. The molecule has 2 rings (SSSR count). The molecule has 104 valence electrons. The minimum Gasteiger partial charge on any atom is -0.318 e. The molecule has 0 atom stereocenters. The number of hydrogen-bond donors (Lipinski definition) is 1. The van der Waals surface area contributed by atoms with Crippen LogP contribution in [0.3, 0.4) is 0 Å². The van der Waals surface area contributed by atoms with Gasteiger partial charge in [0.15, 0.2) is 5.82 Å². The van der Waals surface area contributed by atoms with E-state index in [-0.39, 0.29) is 21.4 Å². The lowest BCUT2D eigenvalue weighted by Gasteiger charge is -2.09. The van der Waals surface area contributed by atoms with E-state index < -0.39 is 17.5 Å². The van der Waals surface area contributed by atoms with E-state index in [9.17, 15) is 13.6 Å². The molecule has 0 aliphatic rings. The fourth-order valence-electron chi connectivity index (χ4n) is 1.42. The zero-order valence-corrected chi connectivity index (χ0v) is 12.7. The maximum atomic E-state index is 13.6. The second-order valence-corrected chi connectivity index (χ2v) is 5.37. The van der Waals surface area contributed by atoms with Gasteiger partial charge in [-0.15, -0.1) is 0 Å². The van der Waals surface area contributed by atoms with Crippen molar-refractivity contribution in [2.75, 3.05) is 5.32 Å². The summed E-state index contributed by atoms with van der Waals surface area (Å²) in [5.41, 5.74) is -0.296. The molecule has 0 saturated carbocycles. The molecule has 0 saturated heterocycles. The summed E-state index contributed by atoms with van der Waals surface area (Å²) >= 11 is 14.6. The van der Waals surface area contributed by atoms with Crippen LogP contribution in [0.5, 0.6) is 0 Å². The number of hydrogen-bond acceptors (Lipinski definition) is 2. The number of nitrogens with one attached hydrogen (secondary N) is 1. The van der Waals surface area contributed by atoms with Crippen molar-refractivity contribution in [2.45, 2.75) is 0 Å². The quantitative estimate of drug-likeness (QED) is 0.767. The smallest absolute Gasteiger partial charge is 0.258 e. The van der Waals surface area contributed by atoms with Crippen molar-refractivity contribution < 1.29 is 13.6 Å². The number of halogens is 5. The number of nitrogens with zero attached hydrogens (tertiary/aromatic N) is 1. The van der Waals surface area contributed by atoms with Crippen LogP contribution in [-0.4, -0.2) is 10.9 Å². The first kappa shape index (κ1) is 15.2. The monoisotopic (exact) mass is 380 g/mol. The fraction of sp³-hybridized carbons (Fsp3) is 0. The summed E-state index contributed by atoms with van der Waals surface area (Å²) in [6.07, 6.45) is 1.41. The molecule has 0 unspecified atom stereocenters. The molecule has 20 heavy (non-hydrogen) atoms. The summed E-state index contributed by atoms with van der Waals surface area (Å²) in [5, 5.41) is 1.93. The van der Waals surface area contributed by atoms with Gasteiger partial charge in [0.2, 0.25) is 0 Å². The van der Waals surface area contributed by atoms with Gasteiger partial charge in [-0.25, -0.2) is 13.8 Å². The van der Waals surface area contributed by atoms with Crippen LogP contribution in [0.25, 0.3) is 0 Å². The van der Waals surface area contributed by atoms with Crippen LogP contribution < -0.4 is 5.32 Å². The van der Waals surface area contributed by atoms with Crippen molar-refractivity contribution in [1.29, 1.82) is 0 Å². The predicted octanol–water partition coefficient (Wildman–Crippen LogP) is 4.68. The average molecular weight is 382 g/mol. The van der Waals surface area contributed by atoms with Crippen LogP contribution in [0, 0.1) is 11.6 Å². The molecule has 0 radical (unpaired) electrons. The third-order valence-electron chi connectivity index (χ3n) is 2.30. The van der Waals surface area contributed by atoms with Crippen molar-refractivity contribution in [2.24, 2.45) is 0 Å². The molecule has 3 nitrogen and oxygen atoms in total. The standard InChI is InChI=1S/C12H5BrCl2F2N2O/c13-5-1-7(11(15)18-4-5)12(20)19-10-8(14)2-6(16)3-9(10)17/h1-4H,(H,19,20). The summed E-state index contributed by atoms with van der Waals surface area (Å²) in [7, 11) is 0. The number of carbonyl (C=O) groups is 1. The molecule has 0 fully saturated rings. The lowest BCUT2D eigenvalue weighted by molar-refractivity contribution is 0.102. The summed E-state index contributed by atoms with van der Waals surface area (Å²) < 4.78 is 27.0. The topological polar surface area (TPSA) is 42.0 Å². The first-order valence-corrected chi connectivity index (χ1v) is 6.70. The highest BCUT2D eigenvalue weighted by molar-refractivity contribution is 9.10. The zero-order chi connectivity index (χ0) is 14.9. The first-order chi connectivity index (χ1) is 9.38. The van der Waals surface area contributed by atoms with Gasteiger partial charge in [0.25, 0.3) is 5.91 Å². The molecule has 0 spiro atoms. The van der Waals surface area contributed by atoms with Gasteiger partial charge >= 0.3 is 0 Å². The van der Waals surface area contributed by atoms with Gasteiger partial charge in [0, 0.05) is 16.7 Å². The molecule has 1 N–H and O–H groups in total. The van der Waals surface area contributed by atoms with E-state index in [0.717, 1.165) is 6.07 Å². The molecule has 2 aromatic rings. The second kappa shape index (κ2) is 6.03. The van der Waals surface area contributed by atoms with Crippen LogP contribution in [0.1, 0.15) is 10.4 Å². The first-order valence-electron chi connectivity index (χ1n) is 5.15. The van der Waals surface area contributed by atoms with Crippen molar-refractivity contribution in [1.82, 2.24) is 4.98 Å². The molecule has 1 aromatic carbocycles. The number of aromatic nitrogens is 1. The van der Waals surface area contributed by atoms with Crippen LogP contribution in [0.4, 0.5) is 14.5 Å². The number of pyridine rings is 1. The second-order valence-electron chi connectivity index (χ2n) is 3.69. The summed E-state index contributed by atoms with van der Waals surface area (Å²) in [6.45, 7) is 0. The molecule has 8 heteroatoms. The van der Waals surface area contributed by atoms with Crippen LogP contribution in [-0.2, 0) is 0 Å². The third-order valence-corrected chi connectivity index (χ3v) is 3.33. The van der Waals surface area contributed by atoms with E-state index in [0.29, 0.717) is 10.5 Å². The highest BCUT2D eigenvalue weighted by Crippen LogP contribution is 2.28. The largest absolute Gasteiger partial charge is 0.318 e. The summed E-state index contributed by atoms with van der Waals surface area (Å²) in [5.74, 6) is -2.54. The molecule has 0 aliphatic heterocycles. The Balaban J connectivity index is 2.35. The molecular formula is C12H5BrCl2F2N2O. The normalized spacial score (nSPS) is 10.4. The lowest BCUT2D eigenvalue weighted by Crippen LogP contribution is -2.14. The van der Waals surface area contributed by atoms with Gasteiger partial charge in [0.05, 0.1) is 16.3 Å². The Morgan fingerprint density at radius 2 is 1.95 bits per heavy atom. The maximum Gasteiger partial charge on any atom is 0.258 e. The van der Waals surface area contributed by atoms with Gasteiger partial charge in [0.1, 0.15) is 11.0 Å².